The van der Waals surface area contributed by atoms with Gasteiger partial charge in [0.1, 0.15) is 5.69 Å². The number of carbonyl (C=O) groups is 1. The summed E-state index contributed by atoms with van der Waals surface area (Å²) in [5.41, 5.74) is 1.44. The number of hydrogen-bond donors (Lipinski definition) is 1. The summed E-state index contributed by atoms with van der Waals surface area (Å²) in [6, 6.07) is 3.66. The molecule has 88 valence electrons. The number of rotatable bonds is 5. The Morgan fingerprint density at radius 2 is 2.06 bits per heavy atom. The molecule has 0 spiro atoms. The van der Waals surface area contributed by atoms with Crippen LogP contribution in [-0.4, -0.2) is 35.4 Å². The van der Waals surface area contributed by atoms with Crippen LogP contribution in [0.1, 0.15) is 31.3 Å². The highest BCUT2D eigenvalue weighted by molar-refractivity contribution is 5.93. The topological polar surface area (TPSA) is 45.2 Å². The Morgan fingerprint density at radius 1 is 1.38 bits per heavy atom. The first-order chi connectivity index (χ1) is 7.72. The quantitative estimate of drug-likeness (QED) is 0.827. The van der Waals surface area contributed by atoms with Gasteiger partial charge in [-0.15, -0.1) is 0 Å². The van der Waals surface area contributed by atoms with Gasteiger partial charge < -0.3 is 10.2 Å². The molecule has 0 fully saturated rings. The van der Waals surface area contributed by atoms with Crippen molar-refractivity contribution in [3.05, 3.63) is 24.0 Å². The molecule has 0 atom stereocenters. The summed E-state index contributed by atoms with van der Waals surface area (Å²) < 4.78 is 0. The fraction of sp³-hybridized carbons (Fsp3) is 0.500. The molecule has 1 rings (SSSR count). The molecule has 0 radical (unpaired) electrons. The van der Waals surface area contributed by atoms with Crippen LogP contribution in [0, 0.1) is 0 Å². The lowest BCUT2D eigenvalue weighted by atomic mass is 10.2. The molecule has 0 bridgehead atoms. The number of hydrogen-bond acceptors (Lipinski definition) is 3. The van der Waals surface area contributed by atoms with E-state index in [0.717, 1.165) is 12.2 Å². The van der Waals surface area contributed by atoms with Crippen molar-refractivity contribution in [1.29, 1.82) is 0 Å². The molecule has 4 nitrogen and oxygen atoms in total. The molecule has 0 aromatic carbocycles. The van der Waals surface area contributed by atoms with Crippen LogP contribution in [0.15, 0.2) is 18.3 Å². The molecule has 0 saturated carbocycles. The van der Waals surface area contributed by atoms with Crippen molar-refractivity contribution >= 4 is 11.6 Å². The van der Waals surface area contributed by atoms with Crippen molar-refractivity contribution in [3.8, 4) is 0 Å². The van der Waals surface area contributed by atoms with E-state index in [4.69, 9.17) is 0 Å². The van der Waals surface area contributed by atoms with Crippen molar-refractivity contribution in [2.45, 2.75) is 20.8 Å². The van der Waals surface area contributed by atoms with E-state index < -0.39 is 0 Å². The van der Waals surface area contributed by atoms with Gasteiger partial charge in [0, 0.05) is 31.5 Å². The lowest BCUT2D eigenvalue weighted by Gasteiger charge is -2.18. The van der Waals surface area contributed by atoms with Gasteiger partial charge in [0.15, 0.2) is 0 Å². The molecule has 1 aromatic heterocycles. The van der Waals surface area contributed by atoms with Crippen LogP contribution in [0.3, 0.4) is 0 Å². The van der Waals surface area contributed by atoms with E-state index in [1.54, 1.807) is 17.2 Å². The summed E-state index contributed by atoms with van der Waals surface area (Å²) in [7, 11) is 0. The van der Waals surface area contributed by atoms with Crippen LogP contribution in [0.2, 0.25) is 0 Å². The molecule has 1 heterocycles. The van der Waals surface area contributed by atoms with Gasteiger partial charge in [-0.05, 0) is 32.9 Å². The minimum Gasteiger partial charge on any atom is -0.385 e. The average Bonchev–Trinajstić information content (AvgIpc) is 2.31. The second-order valence-electron chi connectivity index (χ2n) is 3.44. The SMILES string of the molecule is CCNc1ccnc(C(=O)N(CC)CC)c1. The molecule has 4 heteroatoms. The molecule has 1 amide bonds. The molecule has 0 unspecified atom stereocenters. The van der Waals surface area contributed by atoms with Crippen LogP contribution in [0.25, 0.3) is 0 Å². The van der Waals surface area contributed by atoms with Crippen molar-refractivity contribution in [1.82, 2.24) is 9.88 Å². The van der Waals surface area contributed by atoms with E-state index in [1.165, 1.54) is 0 Å². The number of aromatic nitrogens is 1. The van der Waals surface area contributed by atoms with Gasteiger partial charge in [-0.3, -0.25) is 9.78 Å². The Labute approximate surface area is 96.7 Å². The predicted molar refractivity (Wildman–Crippen MR) is 65.7 cm³/mol. The van der Waals surface area contributed by atoms with E-state index in [-0.39, 0.29) is 5.91 Å². The third-order valence-electron chi connectivity index (χ3n) is 2.41. The minimum absolute atomic E-state index is 0.00949. The third kappa shape index (κ3) is 2.95. The lowest BCUT2D eigenvalue weighted by molar-refractivity contribution is 0.0767. The molecular formula is C12H19N3O. The number of nitrogens with one attached hydrogen (secondary N) is 1. The molecule has 0 saturated heterocycles. The second kappa shape index (κ2) is 6.10. The highest BCUT2D eigenvalue weighted by Crippen LogP contribution is 2.09. The smallest absolute Gasteiger partial charge is 0.272 e. The summed E-state index contributed by atoms with van der Waals surface area (Å²) >= 11 is 0. The van der Waals surface area contributed by atoms with Crippen LogP contribution < -0.4 is 5.32 Å². The van der Waals surface area contributed by atoms with E-state index in [0.29, 0.717) is 18.8 Å². The fourth-order valence-corrected chi connectivity index (χ4v) is 1.53. The Kier molecular flexibility index (Phi) is 4.76. The zero-order chi connectivity index (χ0) is 12.0. The standard InChI is InChI=1S/C12H19N3O/c1-4-13-10-7-8-14-11(9-10)12(16)15(5-2)6-3/h7-9H,4-6H2,1-3H3,(H,13,14). The average molecular weight is 221 g/mol. The summed E-state index contributed by atoms with van der Waals surface area (Å²) in [6.07, 6.45) is 1.66. The largest absolute Gasteiger partial charge is 0.385 e. The molecule has 0 aliphatic rings. The zero-order valence-electron chi connectivity index (χ0n) is 10.2. The Morgan fingerprint density at radius 3 is 2.62 bits per heavy atom. The molecule has 16 heavy (non-hydrogen) atoms. The van der Waals surface area contributed by atoms with Crippen molar-refractivity contribution < 1.29 is 4.79 Å². The second-order valence-corrected chi connectivity index (χ2v) is 3.44. The first kappa shape index (κ1) is 12.5. The molecule has 0 aliphatic carbocycles. The van der Waals surface area contributed by atoms with Gasteiger partial charge in [0.25, 0.3) is 5.91 Å². The Balaban J connectivity index is 2.86. The first-order valence-corrected chi connectivity index (χ1v) is 5.72. The predicted octanol–water partition coefficient (Wildman–Crippen LogP) is 2.00. The van der Waals surface area contributed by atoms with Gasteiger partial charge in [-0.25, -0.2) is 0 Å². The molecule has 1 N–H and O–H groups in total. The number of anilines is 1. The minimum atomic E-state index is -0.00949. The van der Waals surface area contributed by atoms with Crippen molar-refractivity contribution in [2.75, 3.05) is 25.0 Å². The Hall–Kier alpha value is -1.58. The normalized spacial score (nSPS) is 9.94. The molecule has 0 aliphatic heterocycles. The number of pyridine rings is 1. The Bertz CT molecular complexity index is 348. The summed E-state index contributed by atoms with van der Waals surface area (Å²) in [6.45, 7) is 8.21. The van der Waals surface area contributed by atoms with Crippen LogP contribution in [0.5, 0.6) is 0 Å². The summed E-state index contributed by atoms with van der Waals surface area (Å²) in [4.78, 5) is 17.9. The van der Waals surface area contributed by atoms with Crippen LogP contribution >= 0.6 is 0 Å². The van der Waals surface area contributed by atoms with Crippen molar-refractivity contribution in [2.24, 2.45) is 0 Å². The van der Waals surface area contributed by atoms with Crippen LogP contribution in [-0.2, 0) is 0 Å². The molecular weight excluding hydrogens is 202 g/mol. The van der Waals surface area contributed by atoms with Gasteiger partial charge in [0.05, 0.1) is 0 Å². The van der Waals surface area contributed by atoms with Gasteiger partial charge in [-0.1, -0.05) is 0 Å². The monoisotopic (exact) mass is 221 g/mol. The first-order valence-electron chi connectivity index (χ1n) is 5.72. The number of nitrogens with zero attached hydrogens (tertiary/aromatic N) is 2. The number of amides is 1. The summed E-state index contributed by atoms with van der Waals surface area (Å²) in [5, 5.41) is 3.17. The summed E-state index contributed by atoms with van der Waals surface area (Å²) in [5.74, 6) is -0.00949. The van der Waals surface area contributed by atoms with Crippen LogP contribution in [0.4, 0.5) is 5.69 Å². The fourth-order valence-electron chi connectivity index (χ4n) is 1.53. The molecule has 1 aromatic rings. The third-order valence-corrected chi connectivity index (χ3v) is 2.41. The van der Waals surface area contributed by atoms with Gasteiger partial charge >= 0.3 is 0 Å². The van der Waals surface area contributed by atoms with E-state index in [9.17, 15) is 4.79 Å². The number of carbonyl (C=O) groups excluding carboxylic acids is 1. The highest BCUT2D eigenvalue weighted by atomic mass is 16.2. The lowest BCUT2D eigenvalue weighted by Crippen LogP contribution is -2.31. The zero-order valence-corrected chi connectivity index (χ0v) is 10.2. The van der Waals surface area contributed by atoms with Crippen molar-refractivity contribution in [3.63, 3.8) is 0 Å². The maximum absolute atomic E-state index is 12.0. The van der Waals surface area contributed by atoms with Gasteiger partial charge in [0.2, 0.25) is 0 Å². The van der Waals surface area contributed by atoms with Gasteiger partial charge in [-0.2, -0.15) is 0 Å². The maximum atomic E-state index is 12.0. The van der Waals surface area contributed by atoms with E-state index in [2.05, 4.69) is 10.3 Å². The van der Waals surface area contributed by atoms with E-state index >= 15 is 0 Å². The van der Waals surface area contributed by atoms with E-state index in [1.807, 2.05) is 26.8 Å². The maximum Gasteiger partial charge on any atom is 0.272 e. The highest BCUT2D eigenvalue weighted by Gasteiger charge is 2.13.